The number of nitrogens with zero attached hydrogens (tertiary/aromatic N) is 1. The molecule has 0 radical (unpaired) electrons. The third-order valence-corrected chi connectivity index (χ3v) is 2.48. The average molecular weight is 217 g/mol. The van der Waals surface area contributed by atoms with Crippen molar-refractivity contribution >= 4 is 0 Å². The Hall–Kier alpha value is -1.77. The Bertz CT molecular complexity index is 462. The SMILES string of the molecule is CCCCc1nc(-c2ccccc2O)co1. The zero-order valence-corrected chi connectivity index (χ0v) is 9.31. The van der Waals surface area contributed by atoms with Gasteiger partial charge in [0, 0.05) is 12.0 Å². The minimum Gasteiger partial charge on any atom is -0.507 e. The van der Waals surface area contributed by atoms with Crippen LogP contribution in [-0.4, -0.2) is 10.1 Å². The highest BCUT2D eigenvalue weighted by Gasteiger charge is 2.08. The zero-order valence-electron chi connectivity index (χ0n) is 9.31. The predicted octanol–water partition coefficient (Wildman–Crippen LogP) is 3.39. The molecule has 0 saturated heterocycles. The van der Waals surface area contributed by atoms with Crippen molar-refractivity contribution in [1.29, 1.82) is 0 Å². The number of aromatic nitrogens is 1. The predicted molar refractivity (Wildman–Crippen MR) is 62.2 cm³/mol. The summed E-state index contributed by atoms with van der Waals surface area (Å²) in [7, 11) is 0. The van der Waals surface area contributed by atoms with E-state index in [0.29, 0.717) is 11.3 Å². The number of para-hydroxylation sites is 1. The number of rotatable bonds is 4. The molecule has 2 aromatic rings. The van der Waals surface area contributed by atoms with Gasteiger partial charge in [0.1, 0.15) is 17.7 Å². The molecule has 0 unspecified atom stereocenters. The number of phenolic OH excluding ortho intramolecular Hbond substituents is 1. The van der Waals surface area contributed by atoms with Crippen molar-refractivity contribution in [2.24, 2.45) is 0 Å². The second kappa shape index (κ2) is 4.84. The Balaban J connectivity index is 2.22. The minimum atomic E-state index is 0.234. The summed E-state index contributed by atoms with van der Waals surface area (Å²) in [6.45, 7) is 2.13. The van der Waals surface area contributed by atoms with Gasteiger partial charge < -0.3 is 9.52 Å². The number of aromatic hydroxyl groups is 1. The topological polar surface area (TPSA) is 46.3 Å². The maximum atomic E-state index is 9.67. The summed E-state index contributed by atoms with van der Waals surface area (Å²) in [6.07, 6.45) is 4.64. The highest BCUT2D eigenvalue weighted by molar-refractivity contribution is 5.65. The van der Waals surface area contributed by atoms with Crippen LogP contribution in [0.4, 0.5) is 0 Å². The lowest BCUT2D eigenvalue weighted by atomic mass is 10.1. The first-order valence-electron chi connectivity index (χ1n) is 5.54. The number of aryl methyl sites for hydroxylation is 1. The van der Waals surface area contributed by atoms with Crippen molar-refractivity contribution in [2.75, 3.05) is 0 Å². The molecule has 0 spiro atoms. The van der Waals surface area contributed by atoms with E-state index in [1.54, 1.807) is 18.4 Å². The molecule has 2 rings (SSSR count). The van der Waals surface area contributed by atoms with E-state index in [0.717, 1.165) is 25.2 Å². The smallest absolute Gasteiger partial charge is 0.194 e. The first kappa shape index (κ1) is 10.7. The molecule has 0 fully saturated rings. The molecule has 3 nitrogen and oxygen atoms in total. The maximum absolute atomic E-state index is 9.67. The zero-order chi connectivity index (χ0) is 11.4. The molecular weight excluding hydrogens is 202 g/mol. The van der Waals surface area contributed by atoms with Gasteiger partial charge in [-0.05, 0) is 18.6 Å². The molecule has 1 aromatic heterocycles. The third kappa shape index (κ3) is 2.24. The fourth-order valence-electron chi connectivity index (χ4n) is 1.57. The molecule has 0 amide bonds. The van der Waals surface area contributed by atoms with Crippen LogP contribution in [0, 0.1) is 0 Å². The molecule has 84 valence electrons. The van der Waals surface area contributed by atoms with Crippen LogP contribution in [-0.2, 0) is 6.42 Å². The molecule has 0 saturated carbocycles. The van der Waals surface area contributed by atoms with E-state index >= 15 is 0 Å². The average Bonchev–Trinajstić information content (AvgIpc) is 2.75. The quantitative estimate of drug-likeness (QED) is 0.853. The summed E-state index contributed by atoms with van der Waals surface area (Å²) in [5.41, 5.74) is 1.42. The molecule has 0 bridgehead atoms. The van der Waals surface area contributed by atoms with Gasteiger partial charge in [0.05, 0.1) is 0 Å². The van der Waals surface area contributed by atoms with Gasteiger partial charge in [-0.2, -0.15) is 0 Å². The third-order valence-electron chi connectivity index (χ3n) is 2.48. The number of benzene rings is 1. The Labute approximate surface area is 94.8 Å². The largest absolute Gasteiger partial charge is 0.507 e. The van der Waals surface area contributed by atoms with Crippen molar-refractivity contribution in [3.05, 3.63) is 36.4 Å². The van der Waals surface area contributed by atoms with Gasteiger partial charge in [0.2, 0.25) is 0 Å². The number of phenols is 1. The Morgan fingerprint density at radius 1 is 1.31 bits per heavy atom. The maximum Gasteiger partial charge on any atom is 0.194 e. The van der Waals surface area contributed by atoms with Crippen LogP contribution in [0.3, 0.4) is 0 Å². The van der Waals surface area contributed by atoms with Crippen LogP contribution in [0.25, 0.3) is 11.3 Å². The fourth-order valence-corrected chi connectivity index (χ4v) is 1.57. The van der Waals surface area contributed by atoms with E-state index in [9.17, 15) is 5.11 Å². The van der Waals surface area contributed by atoms with Crippen LogP contribution in [0.1, 0.15) is 25.7 Å². The van der Waals surface area contributed by atoms with Gasteiger partial charge in [-0.15, -0.1) is 0 Å². The second-order valence-electron chi connectivity index (χ2n) is 3.75. The van der Waals surface area contributed by atoms with Crippen LogP contribution >= 0.6 is 0 Å². The van der Waals surface area contributed by atoms with E-state index in [4.69, 9.17) is 4.42 Å². The summed E-state index contributed by atoms with van der Waals surface area (Å²) < 4.78 is 5.35. The molecule has 0 aliphatic heterocycles. The molecule has 0 atom stereocenters. The Kier molecular flexibility index (Phi) is 3.25. The molecule has 16 heavy (non-hydrogen) atoms. The number of hydrogen-bond acceptors (Lipinski definition) is 3. The van der Waals surface area contributed by atoms with Crippen molar-refractivity contribution in [3.8, 4) is 17.0 Å². The molecular formula is C13H15NO2. The lowest BCUT2D eigenvalue weighted by molar-refractivity contribution is 0.476. The van der Waals surface area contributed by atoms with E-state index in [-0.39, 0.29) is 5.75 Å². The van der Waals surface area contributed by atoms with Crippen LogP contribution in [0.15, 0.2) is 34.9 Å². The molecule has 1 N–H and O–H groups in total. The van der Waals surface area contributed by atoms with Crippen molar-refractivity contribution < 1.29 is 9.52 Å². The Morgan fingerprint density at radius 3 is 2.88 bits per heavy atom. The van der Waals surface area contributed by atoms with Gasteiger partial charge in [-0.25, -0.2) is 4.98 Å². The van der Waals surface area contributed by atoms with Gasteiger partial charge in [0.25, 0.3) is 0 Å². The summed E-state index contributed by atoms with van der Waals surface area (Å²) in [5.74, 6) is 0.970. The standard InChI is InChI=1S/C13H15NO2/c1-2-3-8-13-14-11(9-16-13)10-6-4-5-7-12(10)15/h4-7,9,15H,2-3,8H2,1H3. The van der Waals surface area contributed by atoms with Gasteiger partial charge in [0.15, 0.2) is 5.89 Å². The Morgan fingerprint density at radius 2 is 2.12 bits per heavy atom. The molecule has 3 heteroatoms. The van der Waals surface area contributed by atoms with Gasteiger partial charge in [-0.1, -0.05) is 25.5 Å². The fraction of sp³-hybridized carbons (Fsp3) is 0.308. The summed E-state index contributed by atoms with van der Waals surface area (Å²) >= 11 is 0. The molecule has 1 aromatic carbocycles. The molecule has 0 aliphatic rings. The first-order chi connectivity index (χ1) is 7.81. The van der Waals surface area contributed by atoms with Crippen LogP contribution < -0.4 is 0 Å². The summed E-state index contributed by atoms with van der Waals surface area (Å²) in [6, 6.07) is 7.14. The van der Waals surface area contributed by atoms with Gasteiger partial charge in [-0.3, -0.25) is 0 Å². The van der Waals surface area contributed by atoms with Crippen LogP contribution in [0.5, 0.6) is 5.75 Å². The highest BCUT2D eigenvalue weighted by Crippen LogP contribution is 2.27. The van der Waals surface area contributed by atoms with Crippen molar-refractivity contribution in [3.63, 3.8) is 0 Å². The van der Waals surface area contributed by atoms with E-state index in [1.807, 2.05) is 12.1 Å². The second-order valence-corrected chi connectivity index (χ2v) is 3.75. The minimum absolute atomic E-state index is 0.234. The van der Waals surface area contributed by atoms with Gasteiger partial charge >= 0.3 is 0 Å². The summed E-state index contributed by atoms with van der Waals surface area (Å²) in [4.78, 5) is 4.35. The van der Waals surface area contributed by atoms with Crippen LogP contribution in [0.2, 0.25) is 0 Å². The molecule has 1 heterocycles. The number of hydrogen-bond donors (Lipinski definition) is 1. The normalized spacial score (nSPS) is 10.6. The van der Waals surface area contributed by atoms with E-state index in [2.05, 4.69) is 11.9 Å². The monoisotopic (exact) mass is 217 g/mol. The number of unbranched alkanes of at least 4 members (excludes halogenated alkanes) is 1. The van der Waals surface area contributed by atoms with Crippen molar-refractivity contribution in [2.45, 2.75) is 26.2 Å². The molecule has 0 aliphatic carbocycles. The van der Waals surface area contributed by atoms with Crippen molar-refractivity contribution in [1.82, 2.24) is 4.98 Å². The summed E-state index contributed by atoms with van der Waals surface area (Å²) in [5, 5.41) is 9.67. The number of oxazole rings is 1. The lowest BCUT2D eigenvalue weighted by Gasteiger charge is -1.98. The first-order valence-corrected chi connectivity index (χ1v) is 5.54. The van der Waals surface area contributed by atoms with E-state index < -0.39 is 0 Å². The van der Waals surface area contributed by atoms with E-state index in [1.165, 1.54) is 0 Å². The lowest BCUT2D eigenvalue weighted by Crippen LogP contribution is -1.85. The highest BCUT2D eigenvalue weighted by atomic mass is 16.3.